The van der Waals surface area contributed by atoms with Gasteiger partial charge in [0.15, 0.2) is 6.61 Å². The zero-order valence-corrected chi connectivity index (χ0v) is 11.7. The molecule has 0 saturated heterocycles. The molecule has 1 aromatic heterocycles. The Hall–Kier alpha value is -2.44. The lowest BCUT2D eigenvalue weighted by Gasteiger charge is -2.13. The largest absolute Gasteiger partial charge is 0.484 e. The summed E-state index contributed by atoms with van der Waals surface area (Å²) in [5, 5.41) is 2.62. The van der Waals surface area contributed by atoms with Gasteiger partial charge >= 0.3 is 6.18 Å². The maximum atomic E-state index is 12.6. The van der Waals surface area contributed by atoms with Gasteiger partial charge in [-0.2, -0.15) is 13.2 Å². The first kappa shape index (κ1) is 15.9. The monoisotopic (exact) mass is 313 g/mol. The van der Waals surface area contributed by atoms with Crippen LogP contribution in [0.1, 0.15) is 24.3 Å². The summed E-state index contributed by atoms with van der Waals surface area (Å²) in [6.07, 6.45) is -2.97. The minimum absolute atomic E-state index is 0.0179. The summed E-state index contributed by atoms with van der Waals surface area (Å²) in [6, 6.07) is 7.41. The molecule has 1 unspecified atom stereocenters. The Bertz CT molecular complexity index is 623. The van der Waals surface area contributed by atoms with Crippen LogP contribution in [-0.4, -0.2) is 12.5 Å². The fraction of sp³-hybridized carbons (Fsp3) is 0.267. The lowest BCUT2D eigenvalue weighted by molar-refractivity contribution is -0.137. The molecule has 0 aliphatic heterocycles. The maximum Gasteiger partial charge on any atom is 0.416 e. The molecular weight excluding hydrogens is 299 g/mol. The number of alkyl halides is 3. The fourth-order valence-corrected chi connectivity index (χ4v) is 1.80. The summed E-state index contributed by atoms with van der Waals surface area (Å²) in [4.78, 5) is 11.7. The number of ether oxygens (including phenoxy) is 1. The molecule has 0 radical (unpaired) electrons. The fourth-order valence-electron chi connectivity index (χ4n) is 1.80. The number of furan rings is 1. The second-order valence-corrected chi connectivity index (χ2v) is 4.62. The van der Waals surface area contributed by atoms with Crippen molar-refractivity contribution in [2.24, 2.45) is 0 Å². The Balaban J connectivity index is 1.89. The van der Waals surface area contributed by atoms with Crippen molar-refractivity contribution in [3.05, 3.63) is 54.0 Å². The molecule has 1 N–H and O–H groups in total. The molecule has 7 heteroatoms. The highest BCUT2D eigenvalue weighted by atomic mass is 19.4. The number of halogens is 3. The van der Waals surface area contributed by atoms with Gasteiger partial charge in [0.05, 0.1) is 17.9 Å². The number of rotatable bonds is 5. The normalized spacial score (nSPS) is 12.7. The van der Waals surface area contributed by atoms with Crippen LogP contribution in [0.25, 0.3) is 0 Å². The summed E-state index contributed by atoms with van der Waals surface area (Å²) in [6.45, 7) is 1.34. The van der Waals surface area contributed by atoms with Crippen LogP contribution in [0.4, 0.5) is 13.2 Å². The van der Waals surface area contributed by atoms with Crippen LogP contribution < -0.4 is 10.1 Å². The van der Waals surface area contributed by atoms with E-state index in [1.807, 2.05) is 0 Å². The topological polar surface area (TPSA) is 51.5 Å². The van der Waals surface area contributed by atoms with Crippen LogP contribution in [0, 0.1) is 0 Å². The van der Waals surface area contributed by atoms with Crippen molar-refractivity contribution in [3.8, 4) is 5.75 Å². The zero-order valence-electron chi connectivity index (χ0n) is 11.7. The van der Waals surface area contributed by atoms with Crippen LogP contribution in [0.5, 0.6) is 5.75 Å². The molecule has 1 amide bonds. The Morgan fingerprint density at radius 3 is 2.73 bits per heavy atom. The molecule has 2 aromatic rings. The number of nitrogens with one attached hydrogen (secondary N) is 1. The van der Waals surface area contributed by atoms with E-state index in [1.165, 1.54) is 18.4 Å². The first-order valence-electron chi connectivity index (χ1n) is 6.49. The van der Waals surface area contributed by atoms with Crippen molar-refractivity contribution in [2.45, 2.75) is 19.1 Å². The Morgan fingerprint density at radius 2 is 2.09 bits per heavy atom. The van der Waals surface area contributed by atoms with E-state index in [-0.39, 0.29) is 18.4 Å². The lowest BCUT2D eigenvalue weighted by Crippen LogP contribution is -2.31. The molecule has 1 atom stereocenters. The van der Waals surface area contributed by atoms with Gasteiger partial charge < -0.3 is 14.5 Å². The molecule has 0 fully saturated rings. The highest BCUT2D eigenvalue weighted by Gasteiger charge is 2.30. The average molecular weight is 313 g/mol. The van der Waals surface area contributed by atoms with E-state index in [0.717, 1.165) is 12.1 Å². The Morgan fingerprint density at radius 1 is 1.32 bits per heavy atom. The minimum Gasteiger partial charge on any atom is -0.484 e. The standard InChI is InChI=1S/C15H14F3NO3/c1-10(13-6-3-7-21-13)19-14(20)9-22-12-5-2-4-11(8-12)15(16,17)18/h2-8,10H,9H2,1H3,(H,19,20). The van der Waals surface area contributed by atoms with E-state index in [4.69, 9.17) is 9.15 Å². The van der Waals surface area contributed by atoms with Crippen LogP contribution in [0.3, 0.4) is 0 Å². The third-order valence-corrected chi connectivity index (χ3v) is 2.88. The predicted molar refractivity (Wildman–Crippen MR) is 72.2 cm³/mol. The van der Waals surface area contributed by atoms with Crippen molar-refractivity contribution in [3.63, 3.8) is 0 Å². The predicted octanol–water partition coefficient (Wildman–Crippen LogP) is 3.55. The van der Waals surface area contributed by atoms with Crippen LogP contribution in [-0.2, 0) is 11.0 Å². The van der Waals surface area contributed by atoms with Crippen molar-refractivity contribution in [1.29, 1.82) is 0 Å². The van der Waals surface area contributed by atoms with Crippen molar-refractivity contribution < 1.29 is 27.1 Å². The SMILES string of the molecule is CC(NC(=O)COc1cccc(C(F)(F)F)c1)c1ccco1. The number of amides is 1. The Labute approximate surface area is 124 Å². The maximum absolute atomic E-state index is 12.6. The van der Waals surface area contributed by atoms with E-state index in [9.17, 15) is 18.0 Å². The second kappa shape index (κ2) is 6.55. The van der Waals surface area contributed by atoms with Gasteiger partial charge in [0.25, 0.3) is 5.91 Å². The summed E-state index contributed by atoms with van der Waals surface area (Å²) < 4.78 is 47.9. The van der Waals surface area contributed by atoms with Gasteiger partial charge in [-0.3, -0.25) is 4.79 Å². The van der Waals surface area contributed by atoms with E-state index >= 15 is 0 Å². The number of hydrogen-bond acceptors (Lipinski definition) is 3. The summed E-state index contributed by atoms with van der Waals surface area (Å²) in [5.41, 5.74) is -0.825. The first-order chi connectivity index (χ1) is 10.4. The molecule has 1 heterocycles. The molecule has 4 nitrogen and oxygen atoms in total. The summed E-state index contributed by atoms with van der Waals surface area (Å²) >= 11 is 0. The van der Waals surface area contributed by atoms with Gasteiger partial charge in [0.2, 0.25) is 0 Å². The number of benzene rings is 1. The third-order valence-electron chi connectivity index (χ3n) is 2.88. The van der Waals surface area contributed by atoms with E-state index in [1.54, 1.807) is 19.1 Å². The van der Waals surface area contributed by atoms with Crippen LogP contribution in [0.2, 0.25) is 0 Å². The molecule has 1 aromatic carbocycles. The van der Waals surface area contributed by atoms with Gasteiger partial charge in [0, 0.05) is 0 Å². The van der Waals surface area contributed by atoms with Gasteiger partial charge in [0.1, 0.15) is 11.5 Å². The third kappa shape index (κ3) is 4.28. The van der Waals surface area contributed by atoms with E-state index < -0.39 is 17.6 Å². The average Bonchev–Trinajstić information content (AvgIpc) is 2.99. The van der Waals surface area contributed by atoms with Crippen molar-refractivity contribution >= 4 is 5.91 Å². The van der Waals surface area contributed by atoms with Gasteiger partial charge in [-0.1, -0.05) is 6.07 Å². The molecule has 0 aliphatic carbocycles. The lowest BCUT2D eigenvalue weighted by atomic mass is 10.2. The van der Waals surface area contributed by atoms with Crippen LogP contribution in [0.15, 0.2) is 47.1 Å². The van der Waals surface area contributed by atoms with Gasteiger partial charge in [-0.25, -0.2) is 0 Å². The van der Waals surface area contributed by atoms with E-state index in [2.05, 4.69) is 5.32 Å². The molecule has 2 rings (SSSR count). The van der Waals surface area contributed by atoms with Gasteiger partial charge in [-0.15, -0.1) is 0 Å². The first-order valence-corrected chi connectivity index (χ1v) is 6.49. The number of carbonyl (C=O) groups is 1. The second-order valence-electron chi connectivity index (χ2n) is 4.62. The molecule has 0 spiro atoms. The zero-order chi connectivity index (χ0) is 16.2. The number of carbonyl (C=O) groups excluding carboxylic acids is 1. The van der Waals surface area contributed by atoms with E-state index in [0.29, 0.717) is 5.76 Å². The highest BCUT2D eigenvalue weighted by molar-refractivity contribution is 5.77. The highest BCUT2D eigenvalue weighted by Crippen LogP contribution is 2.31. The summed E-state index contributed by atoms with van der Waals surface area (Å²) in [5.74, 6) is 0.101. The molecule has 0 aliphatic rings. The summed E-state index contributed by atoms with van der Waals surface area (Å²) in [7, 11) is 0. The minimum atomic E-state index is -4.45. The molecule has 22 heavy (non-hydrogen) atoms. The molecule has 118 valence electrons. The van der Waals surface area contributed by atoms with Crippen LogP contribution >= 0.6 is 0 Å². The van der Waals surface area contributed by atoms with Gasteiger partial charge in [-0.05, 0) is 37.3 Å². The van der Waals surface area contributed by atoms with Crippen molar-refractivity contribution in [2.75, 3.05) is 6.61 Å². The van der Waals surface area contributed by atoms with Crippen molar-refractivity contribution in [1.82, 2.24) is 5.32 Å². The smallest absolute Gasteiger partial charge is 0.416 e. The Kier molecular flexibility index (Phi) is 4.75. The molecule has 0 saturated carbocycles. The molecular formula is C15H14F3NO3. The molecule has 0 bridgehead atoms. The number of hydrogen-bond donors (Lipinski definition) is 1. The quantitative estimate of drug-likeness (QED) is 0.918.